The molecule has 0 saturated carbocycles. The molecule has 0 spiro atoms. The molecular formula is C27H31N3O4. The number of aryl methyl sites for hydroxylation is 1. The Morgan fingerprint density at radius 1 is 0.794 bits per heavy atom. The van der Waals surface area contributed by atoms with E-state index in [9.17, 15) is 9.59 Å². The molecule has 0 saturated heterocycles. The first-order chi connectivity index (χ1) is 16.5. The molecule has 7 heteroatoms. The molecule has 0 aliphatic carbocycles. The van der Waals surface area contributed by atoms with Crippen LogP contribution in [0.3, 0.4) is 0 Å². The number of ether oxygens (including phenoxy) is 2. The van der Waals surface area contributed by atoms with Crippen molar-refractivity contribution in [2.24, 2.45) is 0 Å². The first-order valence-electron chi connectivity index (χ1n) is 11.2. The number of anilines is 2. The quantitative estimate of drug-likeness (QED) is 0.395. The van der Waals surface area contributed by atoms with Crippen LogP contribution in [0.1, 0.15) is 12.0 Å². The zero-order valence-corrected chi connectivity index (χ0v) is 19.6. The molecule has 2 N–H and O–H groups in total. The van der Waals surface area contributed by atoms with Crippen molar-refractivity contribution in [1.82, 2.24) is 4.90 Å². The van der Waals surface area contributed by atoms with Crippen LogP contribution in [-0.4, -0.2) is 50.6 Å². The summed E-state index contributed by atoms with van der Waals surface area (Å²) in [5, 5.41) is 6.01. The van der Waals surface area contributed by atoms with Crippen LogP contribution in [0.15, 0.2) is 78.9 Å². The molecule has 0 fully saturated rings. The molecule has 0 aliphatic rings. The number of rotatable bonds is 12. The Kier molecular flexibility index (Phi) is 9.34. The summed E-state index contributed by atoms with van der Waals surface area (Å²) in [6, 6.07) is 24.6. The summed E-state index contributed by atoms with van der Waals surface area (Å²) in [6.45, 7) is 0.964. The molecule has 3 aromatic carbocycles. The lowest BCUT2D eigenvalue weighted by Gasteiger charge is -2.12. The SMILES string of the molecule is CN(C)C(=O)CCc1cccc(NC(=O)CNc2cccc(OCCOc3ccccc3)c2)c1. The standard InChI is InChI=1S/C27H31N3O4/c1-30(2)27(32)15-14-21-8-6-10-23(18-21)29-26(31)20-28-22-9-7-13-25(19-22)34-17-16-33-24-11-4-3-5-12-24/h3-13,18-19,28H,14-17,20H2,1-2H3,(H,29,31). The molecule has 0 atom stereocenters. The van der Waals surface area contributed by atoms with E-state index in [1.165, 1.54) is 0 Å². The normalized spacial score (nSPS) is 10.3. The summed E-state index contributed by atoms with van der Waals surface area (Å²) in [6.07, 6.45) is 1.06. The highest BCUT2D eigenvalue weighted by molar-refractivity contribution is 5.93. The molecule has 0 aromatic heterocycles. The Labute approximate surface area is 200 Å². The number of nitrogens with zero attached hydrogens (tertiary/aromatic N) is 1. The van der Waals surface area contributed by atoms with E-state index in [1.807, 2.05) is 78.9 Å². The third-order valence-electron chi connectivity index (χ3n) is 4.99. The number of hydrogen-bond acceptors (Lipinski definition) is 5. The van der Waals surface area contributed by atoms with Gasteiger partial charge >= 0.3 is 0 Å². The van der Waals surface area contributed by atoms with Gasteiger partial charge in [0.15, 0.2) is 0 Å². The van der Waals surface area contributed by atoms with Crippen LogP contribution >= 0.6 is 0 Å². The summed E-state index contributed by atoms with van der Waals surface area (Å²) in [7, 11) is 3.49. The minimum Gasteiger partial charge on any atom is -0.490 e. The van der Waals surface area contributed by atoms with Crippen LogP contribution in [0, 0.1) is 0 Å². The Morgan fingerprint density at radius 3 is 2.24 bits per heavy atom. The Morgan fingerprint density at radius 2 is 1.47 bits per heavy atom. The number of carbonyl (C=O) groups excluding carboxylic acids is 2. The molecule has 3 rings (SSSR count). The number of para-hydroxylation sites is 1. The number of nitrogens with one attached hydrogen (secondary N) is 2. The minimum atomic E-state index is -0.163. The van der Waals surface area contributed by atoms with Gasteiger partial charge in [-0.1, -0.05) is 36.4 Å². The Bertz CT molecular complexity index is 1070. The predicted octanol–water partition coefficient (Wildman–Crippen LogP) is 4.22. The summed E-state index contributed by atoms with van der Waals surface area (Å²) in [5.74, 6) is 1.42. The third kappa shape index (κ3) is 8.50. The lowest BCUT2D eigenvalue weighted by atomic mass is 10.1. The number of amides is 2. The van der Waals surface area contributed by atoms with Crippen molar-refractivity contribution in [3.63, 3.8) is 0 Å². The van der Waals surface area contributed by atoms with Crippen molar-refractivity contribution >= 4 is 23.2 Å². The first kappa shape index (κ1) is 24.6. The average Bonchev–Trinajstić information content (AvgIpc) is 2.85. The number of hydrogen-bond donors (Lipinski definition) is 2. The van der Waals surface area contributed by atoms with Gasteiger partial charge in [-0.2, -0.15) is 0 Å². The molecule has 3 aromatic rings. The fourth-order valence-electron chi connectivity index (χ4n) is 3.20. The second kappa shape index (κ2) is 12.9. The monoisotopic (exact) mass is 461 g/mol. The summed E-state index contributed by atoms with van der Waals surface area (Å²) >= 11 is 0. The highest BCUT2D eigenvalue weighted by Gasteiger charge is 2.07. The fourth-order valence-corrected chi connectivity index (χ4v) is 3.20. The van der Waals surface area contributed by atoms with Gasteiger partial charge in [-0.3, -0.25) is 9.59 Å². The average molecular weight is 462 g/mol. The summed E-state index contributed by atoms with van der Waals surface area (Å²) < 4.78 is 11.4. The minimum absolute atomic E-state index is 0.0774. The van der Waals surface area contributed by atoms with Crippen LogP contribution in [0.5, 0.6) is 11.5 Å². The molecule has 0 unspecified atom stereocenters. The van der Waals surface area contributed by atoms with Crippen molar-refractivity contribution in [3.8, 4) is 11.5 Å². The smallest absolute Gasteiger partial charge is 0.243 e. The third-order valence-corrected chi connectivity index (χ3v) is 4.99. The molecule has 0 bridgehead atoms. The number of carbonyl (C=O) groups is 2. The van der Waals surface area contributed by atoms with E-state index in [-0.39, 0.29) is 18.4 Å². The molecule has 2 amide bonds. The van der Waals surface area contributed by atoms with E-state index < -0.39 is 0 Å². The number of benzene rings is 3. The van der Waals surface area contributed by atoms with Crippen LogP contribution in [0.2, 0.25) is 0 Å². The van der Waals surface area contributed by atoms with Crippen molar-refractivity contribution in [2.45, 2.75) is 12.8 Å². The van der Waals surface area contributed by atoms with E-state index in [2.05, 4.69) is 10.6 Å². The van der Waals surface area contributed by atoms with E-state index in [4.69, 9.17) is 9.47 Å². The van der Waals surface area contributed by atoms with Gasteiger partial charge in [-0.15, -0.1) is 0 Å². The van der Waals surface area contributed by atoms with Gasteiger partial charge in [0, 0.05) is 38.0 Å². The maximum atomic E-state index is 12.4. The van der Waals surface area contributed by atoms with Crippen molar-refractivity contribution < 1.29 is 19.1 Å². The van der Waals surface area contributed by atoms with E-state index in [0.717, 1.165) is 17.0 Å². The molecule has 0 heterocycles. The molecule has 0 aliphatic heterocycles. The molecule has 34 heavy (non-hydrogen) atoms. The molecular weight excluding hydrogens is 430 g/mol. The predicted molar refractivity (Wildman–Crippen MR) is 134 cm³/mol. The fraction of sp³-hybridized carbons (Fsp3) is 0.259. The van der Waals surface area contributed by atoms with Gasteiger partial charge < -0.3 is 25.0 Å². The Hall–Kier alpha value is -4.00. The van der Waals surface area contributed by atoms with Crippen molar-refractivity contribution in [1.29, 1.82) is 0 Å². The van der Waals surface area contributed by atoms with Gasteiger partial charge in [-0.05, 0) is 48.4 Å². The highest BCUT2D eigenvalue weighted by atomic mass is 16.5. The van der Waals surface area contributed by atoms with E-state index >= 15 is 0 Å². The van der Waals surface area contributed by atoms with Gasteiger partial charge in [0.2, 0.25) is 11.8 Å². The van der Waals surface area contributed by atoms with E-state index in [0.29, 0.717) is 37.5 Å². The van der Waals surface area contributed by atoms with Crippen LogP contribution < -0.4 is 20.1 Å². The van der Waals surface area contributed by atoms with Crippen molar-refractivity contribution in [2.75, 3.05) is 44.5 Å². The molecule has 7 nitrogen and oxygen atoms in total. The second-order valence-electron chi connectivity index (χ2n) is 7.93. The molecule has 178 valence electrons. The highest BCUT2D eigenvalue weighted by Crippen LogP contribution is 2.18. The summed E-state index contributed by atoms with van der Waals surface area (Å²) in [5.41, 5.74) is 2.49. The van der Waals surface area contributed by atoms with Gasteiger partial charge in [0.1, 0.15) is 24.7 Å². The van der Waals surface area contributed by atoms with Crippen LogP contribution in [0.4, 0.5) is 11.4 Å². The van der Waals surface area contributed by atoms with Crippen LogP contribution in [-0.2, 0) is 16.0 Å². The van der Waals surface area contributed by atoms with Gasteiger partial charge in [0.25, 0.3) is 0 Å². The lowest BCUT2D eigenvalue weighted by molar-refractivity contribution is -0.128. The van der Waals surface area contributed by atoms with E-state index in [1.54, 1.807) is 19.0 Å². The Balaban J connectivity index is 1.41. The maximum Gasteiger partial charge on any atom is 0.243 e. The topological polar surface area (TPSA) is 79.9 Å². The summed E-state index contributed by atoms with van der Waals surface area (Å²) in [4.78, 5) is 25.8. The van der Waals surface area contributed by atoms with Gasteiger partial charge in [-0.25, -0.2) is 0 Å². The maximum absolute atomic E-state index is 12.4. The second-order valence-corrected chi connectivity index (χ2v) is 7.93. The first-order valence-corrected chi connectivity index (χ1v) is 11.2. The van der Waals surface area contributed by atoms with Gasteiger partial charge in [0.05, 0.1) is 6.54 Å². The largest absolute Gasteiger partial charge is 0.490 e. The van der Waals surface area contributed by atoms with Crippen molar-refractivity contribution in [3.05, 3.63) is 84.4 Å². The lowest BCUT2D eigenvalue weighted by Crippen LogP contribution is -2.22. The molecule has 0 radical (unpaired) electrons. The van der Waals surface area contributed by atoms with Crippen LogP contribution in [0.25, 0.3) is 0 Å². The zero-order chi connectivity index (χ0) is 24.2. The zero-order valence-electron chi connectivity index (χ0n) is 19.6.